The van der Waals surface area contributed by atoms with Crippen LogP contribution in [0.4, 0.5) is 0 Å². The minimum absolute atomic E-state index is 0.167. The van der Waals surface area contributed by atoms with Gasteiger partial charge in [0.25, 0.3) is 0 Å². The van der Waals surface area contributed by atoms with E-state index >= 15 is 0 Å². The Bertz CT molecular complexity index is 230. The Morgan fingerprint density at radius 3 is 2.40 bits per heavy atom. The van der Waals surface area contributed by atoms with Crippen LogP contribution in [-0.4, -0.2) is 18.1 Å². The minimum Gasteiger partial charge on any atom is -0.464 e. The molecule has 2 rings (SSSR count). The molecular weight excluding hydrogens is 190 g/mol. The van der Waals surface area contributed by atoms with Crippen molar-refractivity contribution in [1.82, 2.24) is 0 Å². The predicted molar refractivity (Wildman–Crippen MR) is 58.3 cm³/mol. The fourth-order valence-corrected chi connectivity index (χ4v) is 2.45. The van der Waals surface area contributed by atoms with Crippen molar-refractivity contribution in [3.8, 4) is 0 Å². The van der Waals surface area contributed by atoms with Gasteiger partial charge in [-0.1, -0.05) is 19.3 Å². The Morgan fingerprint density at radius 1 is 1.20 bits per heavy atom. The van der Waals surface area contributed by atoms with E-state index in [1.807, 2.05) is 0 Å². The molecule has 2 aliphatic rings. The van der Waals surface area contributed by atoms with Crippen LogP contribution in [0.25, 0.3) is 0 Å². The second-order valence-electron chi connectivity index (χ2n) is 5.11. The van der Waals surface area contributed by atoms with Crippen LogP contribution in [0.15, 0.2) is 0 Å². The molecule has 15 heavy (non-hydrogen) atoms. The molecule has 2 fully saturated rings. The lowest BCUT2D eigenvalue weighted by molar-refractivity contribution is -0.155. The fraction of sp³-hybridized carbons (Fsp3) is 0.917. The number of rotatable bonds is 3. The Morgan fingerprint density at radius 2 is 1.87 bits per heavy atom. The van der Waals surface area contributed by atoms with Crippen LogP contribution in [0.2, 0.25) is 0 Å². The van der Waals surface area contributed by atoms with Crippen molar-refractivity contribution in [1.29, 1.82) is 0 Å². The van der Waals surface area contributed by atoms with Crippen LogP contribution in [-0.2, 0) is 9.53 Å². The van der Waals surface area contributed by atoms with Crippen LogP contribution in [0.3, 0.4) is 0 Å². The molecule has 2 aliphatic carbocycles. The zero-order chi connectivity index (χ0) is 10.7. The second kappa shape index (κ2) is 4.52. The monoisotopic (exact) mass is 211 g/mol. The van der Waals surface area contributed by atoms with Gasteiger partial charge in [-0.25, -0.2) is 0 Å². The van der Waals surface area contributed by atoms with Gasteiger partial charge in [0.15, 0.2) is 0 Å². The number of ether oxygens (including phenoxy) is 1. The van der Waals surface area contributed by atoms with Crippen molar-refractivity contribution in [3.63, 3.8) is 0 Å². The summed E-state index contributed by atoms with van der Waals surface area (Å²) in [5, 5.41) is 0. The Balaban J connectivity index is 1.70. The van der Waals surface area contributed by atoms with Gasteiger partial charge < -0.3 is 10.5 Å². The predicted octanol–water partition coefficient (Wildman–Crippen LogP) is 1.99. The van der Waals surface area contributed by atoms with Crippen LogP contribution in [0, 0.1) is 5.92 Å². The first-order valence-electron chi connectivity index (χ1n) is 6.17. The number of hydrogen-bond acceptors (Lipinski definition) is 3. The second-order valence-corrected chi connectivity index (χ2v) is 5.11. The summed E-state index contributed by atoms with van der Waals surface area (Å²) >= 11 is 0. The zero-order valence-electron chi connectivity index (χ0n) is 9.34. The normalized spacial score (nSPS) is 25.7. The molecule has 86 valence electrons. The first-order valence-corrected chi connectivity index (χ1v) is 6.17. The molecule has 0 aliphatic heterocycles. The largest absolute Gasteiger partial charge is 0.464 e. The molecule has 2 saturated carbocycles. The van der Waals surface area contributed by atoms with E-state index in [2.05, 4.69) is 0 Å². The van der Waals surface area contributed by atoms with Gasteiger partial charge in [-0.05, 0) is 38.0 Å². The maximum Gasteiger partial charge on any atom is 0.326 e. The topological polar surface area (TPSA) is 52.3 Å². The molecule has 3 heteroatoms. The van der Waals surface area contributed by atoms with Gasteiger partial charge in [0.05, 0.1) is 6.61 Å². The summed E-state index contributed by atoms with van der Waals surface area (Å²) in [5.74, 6) is 0.422. The average Bonchev–Trinajstić information content (AvgIpc) is 2.24. The SMILES string of the molecule is NC1(C(=O)OCC2CCCCC2)CCC1. The first-order chi connectivity index (χ1) is 7.21. The van der Waals surface area contributed by atoms with Gasteiger partial charge in [0.1, 0.15) is 5.54 Å². The van der Waals surface area contributed by atoms with Gasteiger partial charge in [-0.15, -0.1) is 0 Å². The summed E-state index contributed by atoms with van der Waals surface area (Å²) in [4.78, 5) is 11.6. The molecule has 0 saturated heterocycles. The van der Waals surface area contributed by atoms with Crippen LogP contribution < -0.4 is 5.73 Å². The lowest BCUT2D eigenvalue weighted by atomic mass is 9.78. The Hall–Kier alpha value is -0.570. The van der Waals surface area contributed by atoms with E-state index in [9.17, 15) is 4.79 Å². The number of esters is 1. The smallest absolute Gasteiger partial charge is 0.326 e. The summed E-state index contributed by atoms with van der Waals surface area (Å²) in [6, 6.07) is 0. The van der Waals surface area contributed by atoms with Gasteiger partial charge in [-0.3, -0.25) is 4.79 Å². The quantitative estimate of drug-likeness (QED) is 0.726. The third-order valence-electron chi connectivity index (χ3n) is 3.83. The Labute approximate surface area is 91.4 Å². The summed E-state index contributed by atoms with van der Waals surface area (Å²) in [5.41, 5.74) is 5.26. The maximum atomic E-state index is 11.6. The number of carbonyl (C=O) groups is 1. The third kappa shape index (κ3) is 2.51. The van der Waals surface area contributed by atoms with Crippen molar-refractivity contribution in [3.05, 3.63) is 0 Å². The summed E-state index contributed by atoms with van der Waals surface area (Å²) in [6.07, 6.45) is 9.01. The average molecular weight is 211 g/mol. The molecule has 0 bridgehead atoms. The lowest BCUT2D eigenvalue weighted by Crippen LogP contribution is -2.54. The molecule has 0 atom stereocenters. The molecule has 3 nitrogen and oxygen atoms in total. The maximum absolute atomic E-state index is 11.6. The van der Waals surface area contributed by atoms with Crippen LogP contribution in [0.1, 0.15) is 51.4 Å². The number of nitrogens with two attached hydrogens (primary N) is 1. The van der Waals surface area contributed by atoms with E-state index in [1.54, 1.807) is 0 Å². The molecule has 0 unspecified atom stereocenters. The highest BCUT2D eigenvalue weighted by atomic mass is 16.5. The highest BCUT2D eigenvalue weighted by Crippen LogP contribution is 2.31. The highest BCUT2D eigenvalue weighted by Gasteiger charge is 2.41. The zero-order valence-corrected chi connectivity index (χ0v) is 9.34. The van der Waals surface area contributed by atoms with E-state index in [1.165, 1.54) is 32.1 Å². The van der Waals surface area contributed by atoms with Crippen molar-refractivity contribution >= 4 is 5.97 Å². The molecule has 0 aromatic rings. The highest BCUT2D eigenvalue weighted by molar-refractivity contribution is 5.81. The van der Waals surface area contributed by atoms with Gasteiger partial charge in [0.2, 0.25) is 0 Å². The van der Waals surface area contributed by atoms with Gasteiger partial charge in [0, 0.05) is 0 Å². The van der Waals surface area contributed by atoms with E-state index in [0.29, 0.717) is 12.5 Å². The lowest BCUT2D eigenvalue weighted by Gasteiger charge is -2.35. The van der Waals surface area contributed by atoms with Crippen molar-refractivity contribution in [2.45, 2.75) is 56.9 Å². The van der Waals surface area contributed by atoms with E-state index in [4.69, 9.17) is 10.5 Å². The van der Waals surface area contributed by atoms with E-state index < -0.39 is 5.54 Å². The van der Waals surface area contributed by atoms with Crippen LogP contribution >= 0.6 is 0 Å². The molecule has 0 heterocycles. The molecule has 0 radical (unpaired) electrons. The van der Waals surface area contributed by atoms with E-state index in [-0.39, 0.29) is 5.97 Å². The summed E-state index contributed by atoms with van der Waals surface area (Å²) in [7, 11) is 0. The van der Waals surface area contributed by atoms with Crippen LogP contribution in [0.5, 0.6) is 0 Å². The first kappa shape index (κ1) is 10.9. The molecule has 0 spiro atoms. The third-order valence-corrected chi connectivity index (χ3v) is 3.83. The van der Waals surface area contributed by atoms with Crippen molar-refractivity contribution < 1.29 is 9.53 Å². The number of hydrogen-bond donors (Lipinski definition) is 1. The summed E-state index contributed by atoms with van der Waals surface area (Å²) < 4.78 is 5.32. The standard InChI is InChI=1S/C12H21NO2/c13-12(7-4-8-12)11(14)15-9-10-5-2-1-3-6-10/h10H,1-9,13H2. The van der Waals surface area contributed by atoms with Gasteiger partial charge in [-0.2, -0.15) is 0 Å². The molecule has 2 N–H and O–H groups in total. The molecule has 0 aromatic carbocycles. The molecular formula is C12H21NO2. The number of carbonyl (C=O) groups excluding carboxylic acids is 1. The van der Waals surface area contributed by atoms with Crippen molar-refractivity contribution in [2.24, 2.45) is 11.7 Å². The van der Waals surface area contributed by atoms with E-state index in [0.717, 1.165) is 19.3 Å². The Kier molecular flexibility index (Phi) is 3.29. The fourth-order valence-electron chi connectivity index (χ4n) is 2.45. The summed E-state index contributed by atoms with van der Waals surface area (Å²) in [6.45, 7) is 0.595. The molecule has 0 aromatic heterocycles. The minimum atomic E-state index is -0.630. The molecule has 0 amide bonds. The van der Waals surface area contributed by atoms with Gasteiger partial charge >= 0.3 is 5.97 Å². The van der Waals surface area contributed by atoms with Crippen molar-refractivity contribution in [2.75, 3.05) is 6.61 Å².